The largest absolute Gasteiger partial charge is 0.573 e. The minimum Gasteiger partial charge on any atom is -0.406 e. The average Bonchev–Trinajstić information content (AvgIpc) is 1.99. The van der Waals surface area contributed by atoms with Crippen LogP contribution in [0.4, 0.5) is 13.2 Å². The van der Waals surface area contributed by atoms with Crippen LogP contribution in [-0.2, 0) is 6.42 Å². The molecule has 0 aliphatic rings. The molecule has 0 saturated carbocycles. The minimum absolute atomic E-state index is 0.152. The van der Waals surface area contributed by atoms with E-state index in [4.69, 9.17) is 0 Å². The van der Waals surface area contributed by atoms with Gasteiger partial charge in [-0.2, -0.15) is 0 Å². The zero-order valence-electron chi connectivity index (χ0n) is 8.64. The lowest BCUT2D eigenvalue weighted by Gasteiger charge is -2.10. The second-order valence-corrected chi connectivity index (χ2v) is 3.79. The highest BCUT2D eigenvalue weighted by atomic mass is 19.4. The lowest BCUT2D eigenvalue weighted by Crippen LogP contribution is -2.17. The molecule has 0 fully saturated rings. The third-order valence-corrected chi connectivity index (χ3v) is 1.78. The van der Waals surface area contributed by atoms with Gasteiger partial charge in [-0.3, -0.25) is 0 Å². The molecule has 0 heterocycles. The second-order valence-electron chi connectivity index (χ2n) is 3.79. The van der Waals surface area contributed by atoms with Crippen molar-refractivity contribution in [1.29, 1.82) is 0 Å². The Hall–Kier alpha value is -1.19. The average molecular weight is 218 g/mol. The number of rotatable bonds is 3. The Morgan fingerprint density at radius 3 is 2.47 bits per heavy atom. The molecular formula is C11H13F3O. The van der Waals surface area contributed by atoms with E-state index in [0.29, 0.717) is 5.92 Å². The maximum Gasteiger partial charge on any atom is 0.573 e. The zero-order valence-corrected chi connectivity index (χ0v) is 8.64. The Labute approximate surface area is 86.9 Å². The molecule has 1 aromatic rings. The third-order valence-electron chi connectivity index (χ3n) is 1.78. The standard InChI is InChI=1S/C11H13F3O/c1-8(2)6-9-4-3-5-10(7-9)15-11(12,13)14/h3-5,7-8H,6H2,1-2H3. The van der Waals surface area contributed by atoms with E-state index < -0.39 is 6.36 Å². The molecule has 0 atom stereocenters. The predicted octanol–water partition coefficient (Wildman–Crippen LogP) is 3.78. The Morgan fingerprint density at radius 1 is 1.27 bits per heavy atom. The fraction of sp³-hybridized carbons (Fsp3) is 0.455. The zero-order chi connectivity index (χ0) is 11.5. The van der Waals surface area contributed by atoms with Crippen LogP contribution in [-0.4, -0.2) is 6.36 Å². The molecule has 1 nitrogen and oxygen atoms in total. The van der Waals surface area contributed by atoms with Crippen molar-refractivity contribution in [3.8, 4) is 5.75 Å². The first-order chi connectivity index (χ1) is 6.87. The summed E-state index contributed by atoms with van der Waals surface area (Å²) in [5.41, 5.74) is 0.853. The normalized spacial score (nSPS) is 11.9. The summed E-state index contributed by atoms with van der Waals surface area (Å²) in [6.07, 6.45) is -3.87. The van der Waals surface area contributed by atoms with Gasteiger partial charge in [-0.1, -0.05) is 26.0 Å². The molecule has 0 aromatic heterocycles. The summed E-state index contributed by atoms with van der Waals surface area (Å²) < 4.78 is 39.6. The van der Waals surface area contributed by atoms with Crippen molar-refractivity contribution in [1.82, 2.24) is 0 Å². The van der Waals surface area contributed by atoms with Crippen molar-refractivity contribution in [2.24, 2.45) is 5.92 Å². The summed E-state index contributed by atoms with van der Waals surface area (Å²) in [4.78, 5) is 0. The SMILES string of the molecule is CC(C)Cc1cccc(OC(F)(F)F)c1. The van der Waals surface area contributed by atoms with Gasteiger partial charge in [-0.25, -0.2) is 0 Å². The van der Waals surface area contributed by atoms with Crippen LogP contribution in [0.2, 0.25) is 0 Å². The summed E-state index contributed by atoms with van der Waals surface area (Å²) in [6, 6.07) is 6.09. The molecule has 0 aliphatic heterocycles. The van der Waals surface area contributed by atoms with Crippen LogP contribution < -0.4 is 4.74 Å². The first-order valence-electron chi connectivity index (χ1n) is 4.71. The first kappa shape index (κ1) is 11.9. The topological polar surface area (TPSA) is 9.23 Å². The molecule has 1 rings (SSSR count). The number of halogens is 3. The summed E-state index contributed by atoms with van der Waals surface area (Å²) in [5, 5.41) is 0. The van der Waals surface area contributed by atoms with Crippen LogP contribution in [0.5, 0.6) is 5.75 Å². The van der Waals surface area contributed by atoms with Crippen LogP contribution >= 0.6 is 0 Å². The van der Waals surface area contributed by atoms with Gasteiger partial charge >= 0.3 is 6.36 Å². The van der Waals surface area contributed by atoms with Crippen LogP contribution in [0, 0.1) is 5.92 Å². The molecule has 0 unspecified atom stereocenters. The number of benzene rings is 1. The van der Waals surface area contributed by atoms with Crippen LogP contribution in [0.1, 0.15) is 19.4 Å². The van der Waals surface area contributed by atoms with Crippen molar-refractivity contribution in [3.63, 3.8) is 0 Å². The van der Waals surface area contributed by atoms with E-state index >= 15 is 0 Å². The van der Waals surface area contributed by atoms with Gasteiger partial charge < -0.3 is 4.74 Å². The molecule has 0 saturated heterocycles. The highest BCUT2D eigenvalue weighted by Crippen LogP contribution is 2.24. The fourth-order valence-corrected chi connectivity index (χ4v) is 1.34. The van der Waals surface area contributed by atoms with E-state index in [-0.39, 0.29) is 5.75 Å². The van der Waals surface area contributed by atoms with Gasteiger partial charge in [0.05, 0.1) is 0 Å². The second kappa shape index (κ2) is 4.55. The van der Waals surface area contributed by atoms with Crippen molar-refractivity contribution < 1.29 is 17.9 Å². The monoisotopic (exact) mass is 218 g/mol. The summed E-state index contributed by atoms with van der Waals surface area (Å²) in [5.74, 6) is 0.256. The minimum atomic E-state index is -4.61. The van der Waals surface area contributed by atoms with Crippen molar-refractivity contribution in [2.75, 3.05) is 0 Å². The van der Waals surface area contributed by atoms with Crippen LogP contribution in [0.3, 0.4) is 0 Å². The molecule has 84 valence electrons. The van der Waals surface area contributed by atoms with Crippen LogP contribution in [0.15, 0.2) is 24.3 Å². The molecule has 0 radical (unpaired) electrons. The maximum absolute atomic E-state index is 11.9. The molecule has 0 bridgehead atoms. The Kier molecular flexibility index (Phi) is 3.61. The van der Waals surface area contributed by atoms with Gasteiger partial charge in [-0.05, 0) is 30.0 Å². The van der Waals surface area contributed by atoms with Gasteiger partial charge in [0.1, 0.15) is 5.75 Å². The molecule has 0 aliphatic carbocycles. The van der Waals surface area contributed by atoms with Gasteiger partial charge in [-0.15, -0.1) is 13.2 Å². The summed E-state index contributed by atoms with van der Waals surface area (Å²) >= 11 is 0. The van der Waals surface area contributed by atoms with Crippen molar-refractivity contribution >= 4 is 0 Å². The summed E-state index contributed by atoms with van der Waals surface area (Å²) in [6.45, 7) is 4.02. The van der Waals surface area contributed by atoms with Gasteiger partial charge in [0.15, 0.2) is 0 Å². The van der Waals surface area contributed by atoms with Gasteiger partial charge in [0.25, 0.3) is 0 Å². The predicted molar refractivity (Wildman–Crippen MR) is 51.7 cm³/mol. The number of hydrogen-bond acceptors (Lipinski definition) is 1. The Morgan fingerprint density at radius 2 is 1.93 bits per heavy atom. The first-order valence-corrected chi connectivity index (χ1v) is 4.71. The molecule has 1 aromatic carbocycles. The smallest absolute Gasteiger partial charge is 0.406 e. The summed E-state index contributed by atoms with van der Waals surface area (Å²) in [7, 11) is 0. The molecule has 0 amide bonds. The highest BCUT2D eigenvalue weighted by molar-refractivity contribution is 5.28. The van der Waals surface area contributed by atoms with E-state index in [1.807, 2.05) is 13.8 Å². The molecule has 4 heteroatoms. The van der Waals surface area contributed by atoms with E-state index in [9.17, 15) is 13.2 Å². The Bertz CT molecular complexity index is 318. The molecule has 15 heavy (non-hydrogen) atoms. The van der Waals surface area contributed by atoms with E-state index in [2.05, 4.69) is 4.74 Å². The molecular weight excluding hydrogens is 205 g/mol. The third kappa shape index (κ3) is 4.72. The number of hydrogen-bond donors (Lipinski definition) is 0. The van der Waals surface area contributed by atoms with Crippen LogP contribution in [0.25, 0.3) is 0 Å². The lowest BCUT2D eigenvalue weighted by molar-refractivity contribution is -0.274. The number of ether oxygens (including phenoxy) is 1. The highest BCUT2D eigenvalue weighted by Gasteiger charge is 2.31. The van der Waals surface area contributed by atoms with Crippen molar-refractivity contribution in [2.45, 2.75) is 26.6 Å². The quantitative estimate of drug-likeness (QED) is 0.750. The Balaban J connectivity index is 2.74. The number of alkyl halides is 3. The van der Waals surface area contributed by atoms with Gasteiger partial charge in [0.2, 0.25) is 0 Å². The maximum atomic E-state index is 11.9. The lowest BCUT2D eigenvalue weighted by atomic mass is 10.0. The van der Waals surface area contributed by atoms with E-state index in [1.165, 1.54) is 12.1 Å². The molecule has 0 spiro atoms. The van der Waals surface area contributed by atoms with E-state index in [0.717, 1.165) is 12.0 Å². The molecule has 0 N–H and O–H groups in total. The fourth-order valence-electron chi connectivity index (χ4n) is 1.34. The van der Waals surface area contributed by atoms with Crippen molar-refractivity contribution in [3.05, 3.63) is 29.8 Å². The van der Waals surface area contributed by atoms with Gasteiger partial charge in [0, 0.05) is 0 Å². The van der Waals surface area contributed by atoms with E-state index in [1.54, 1.807) is 12.1 Å².